The van der Waals surface area contributed by atoms with Crippen LogP contribution in [0.3, 0.4) is 0 Å². The molecule has 0 spiro atoms. The Labute approximate surface area is 144 Å². The standard InChI is InChI=1S/C18H17NO6/c1-2-22-14-6-4-3-5-13(14)19-17(20)10-23-18(21)12-7-8-15-16(9-12)25-11-24-15/h3-9H,2,10-11H2,1H3,(H,19,20). The minimum absolute atomic E-state index is 0.121. The fraction of sp³-hybridized carbons (Fsp3) is 0.222. The van der Waals surface area contributed by atoms with Gasteiger partial charge >= 0.3 is 5.97 Å². The molecular formula is C18H17NO6. The van der Waals surface area contributed by atoms with Crippen LogP contribution in [-0.2, 0) is 9.53 Å². The molecule has 1 heterocycles. The molecule has 1 amide bonds. The summed E-state index contributed by atoms with van der Waals surface area (Å²) < 4.78 is 20.8. The monoisotopic (exact) mass is 343 g/mol. The fourth-order valence-corrected chi connectivity index (χ4v) is 2.28. The van der Waals surface area contributed by atoms with Gasteiger partial charge in [0.2, 0.25) is 6.79 Å². The van der Waals surface area contributed by atoms with Gasteiger partial charge in [-0.2, -0.15) is 0 Å². The number of nitrogens with one attached hydrogen (secondary N) is 1. The number of amides is 1. The first kappa shape index (κ1) is 16.6. The average molecular weight is 343 g/mol. The van der Waals surface area contributed by atoms with Gasteiger partial charge in [-0.05, 0) is 37.3 Å². The van der Waals surface area contributed by atoms with Gasteiger partial charge in [-0.3, -0.25) is 4.79 Å². The Balaban J connectivity index is 1.56. The van der Waals surface area contributed by atoms with Crippen molar-refractivity contribution in [3.63, 3.8) is 0 Å². The van der Waals surface area contributed by atoms with Crippen molar-refractivity contribution < 1.29 is 28.5 Å². The van der Waals surface area contributed by atoms with Crippen LogP contribution in [0.5, 0.6) is 17.2 Å². The van der Waals surface area contributed by atoms with Gasteiger partial charge in [0.15, 0.2) is 18.1 Å². The summed E-state index contributed by atoms with van der Waals surface area (Å²) in [4.78, 5) is 24.1. The second-order valence-corrected chi connectivity index (χ2v) is 5.12. The topological polar surface area (TPSA) is 83.1 Å². The highest BCUT2D eigenvalue weighted by molar-refractivity contribution is 5.96. The molecule has 0 atom stereocenters. The van der Waals surface area contributed by atoms with Crippen molar-refractivity contribution in [2.75, 3.05) is 25.3 Å². The van der Waals surface area contributed by atoms with Crippen LogP contribution in [0.4, 0.5) is 5.69 Å². The predicted molar refractivity (Wildman–Crippen MR) is 89.1 cm³/mol. The maximum atomic E-state index is 12.0. The Morgan fingerprint density at radius 3 is 2.76 bits per heavy atom. The van der Waals surface area contributed by atoms with Crippen LogP contribution in [0.25, 0.3) is 0 Å². The van der Waals surface area contributed by atoms with Gasteiger partial charge in [-0.1, -0.05) is 12.1 Å². The molecule has 25 heavy (non-hydrogen) atoms. The first-order chi connectivity index (χ1) is 12.2. The Bertz CT molecular complexity index is 789. The molecular weight excluding hydrogens is 326 g/mol. The predicted octanol–water partition coefficient (Wildman–Crippen LogP) is 2.61. The number of esters is 1. The Morgan fingerprint density at radius 1 is 1.12 bits per heavy atom. The van der Waals surface area contributed by atoms with Gasteiger partial charge in [0.25, 0.3) is 5.91 Å². The zero-order valence-corrected chi connectivity index (χ0v) is 13.6. The van der Waals surface area contributed by atoms with Gasteiger partial charge in [0, 0.05) is 0 Å². The molecule has 0 aromatic heterocycles. The van der Waals surface area contributed by atoms with E-state index in [-0.39, 0.29) is 12.4 Å². The van der Waals surface area contributed by atoms with Crippen molar-refractivity contribution in [3.8, 4) is 17.2 Å². The van der Waals surface area contributed by atoms with E-state index in [0.29, 0.717) is 29.5 Å². The first-order valence-electron chi connectivity index (χ1n) is 7.76. The molecule has 1 aliphatic heterocycles. The highest BCUT2D eigenvalue weighted by atomic mass is 16.7. The molecule has 7 heteroatoms. The molecule has 2 aromatic carbocycles. The molecule has 0 bridgehead atoms. The zero-order chi connectivity index (χ0) is 17.6. The molecule has 0 saturated carbocycles. The lowest BCUT2D eigenvalue weighted by atomic mass is 10.2. The highest BCUT2D eigenvalue weighted by Crippen LogP contribution is 2.32. The number of para-hydroxylation sites is 2. The summed E-state index contributed by atoms with van der Waals surface area (Å²) >= 11 is 0. The quantitative estimate of drug-likeness (QED) is 0.812. The molecule has 0 radical (unpaired) electrons. The SMILES string of the molecule is CCOc1ccccc1NC(=O)COC(=O)c1ccc2c(c1)OCO2. The lowest BCUT2D eigenvalue weighted by molar-refractivity contribution is -0.119. The molecule has 2 aromatic rings. The van der Waals surface area contributed by atoms with E-state index in [1.807, 2.05) is 6.92 Å². The zero-order valence-electron chi connectivity index (χ0n) is 13.6. The number of benzene rings is 2. The van der Waals surface area contributed by atoms with Gasteiger partial charge in [0.1, 0.15) is 5.75 Å². The molecule has 1 aliphatic rings. The number of anilines is 1. The molecule has 130 valence electrons. The molecule has 1 N–H and O–H groups in total. The smallest absolute Gasteiger partial charge is 0.338 e. The fourth-order valence-electron chi connectivity index (χ4n) is 2.28. The van der Waals surface area contributed by atoms with Crippen LogP contribution < -0.4 is 19.5 Å². The molecule has 3 rings (SSSR count). The minimum atomic E-state index is -0.619. The van der Waals surface area contributed by atoms with Crippen molar-refractivity contribution >= 4 is 17.6 Å². The van der Waals surface area contributed by atoms with Crippen LogP contribution in [0.2, 0.25) is 0 Å². The molecule has 0 aliphatic carbocycles. The van der Waals surface area contributed by atoms with Gasteiger partial charge < -0.3 is 24.3 Å². The number of rotatable bonds is 6. The van der Waals surface area contributed by atoms with Crippen LogP contribution in [0.1, 0.15) is 17.3 Å². The van der Waals surface area contributed by atoms with E-state index in [9.17, 15) is 9.59 Å². The van der Waals surface area contributed by atoms with Crippen LogP contribution >= 0.6 is 0 Å². The Morgan fingerprint density at radius 2 is 1.92 bits per heavy atom. The van der Waals surface area contributed by atoms with Gasteiger partial charge in [-0.15, -0.1) is 0 Å². The lowest BCUT2D eigenvalue weighted by Gasteiger charge is -2.11. The Hall–Kier alpha value is -3.22. The van der Waals surface area contributed by atoms with Crippen molar-refractivity contribution in [3.05, 3.63) is 48.0 Å². The number of fused-ring (bicyclic) bond motifs is 1. The summed E-state index contributed by atoms with van der Waals surface area (Å²) in [5.41, 5.74) is 0.806. The summed E-state index contributed by atoms with van der Waals surface area (Å²) in [6.07, 6.45) is 0. The number of ether oxygens (including phenoxy) is 4. The summed E-state index contributed by atoms with van der Waals surface area (Å²) in [7, 11) is 0. The van der Waals surface area contributed by atoms with Gasteiger partial charge in [0.05, 0.1) is 17.9 Å². The normalized spacial score (nSPS) is 11.7. The third-order valence-electron chi connectivity index (χ3n) is 3.40. The van der Waals surface area contributed by atoms with Gasteiger partial charge in [-0.25, -0.2) is 4.79 Å². The summed E-state index contributed by atoms with van der Waals surface area (Å²) in [6.45, 7) is 2.04. The number of hydrogen-bond acceptors (Lipinski definition) is 6. The molecule has 0 unspecified atom stereocenters. The van der Waals surface area contributed by atoms with E-state index in [4.69, 9.17) is 18.9 Å². The van der Waals surface area contributed by atoms with Crippen molar-refractivity contribution in [2.24, 2.45) is 0 Å². The van der Waals surface area contributed by atoms with Crippen molar-refractivity contribution in [2.45, 2.75) is 6.92 Å². The lowest BCUT2D eigenvalue weighted by Crippen LogP contribution is -2.21. The number of carbonyl (C=O) groups excluding carboxylic acids is 2. The second-order valence-electron chi connectivity index (χ2n) is 5.12. The first-order valence-corrected chi connectivity index (χ1v) is 7.76. The maximum absolute atomic E-state index is 12.0. The largest absolute Gasteiger partial charge is 0.492 e. The molecule has 0 saturated heterocycles. The molecule has 0 fully saturated rings. The van der Waals surface area contributed by atoms with Crippen molar-refractivity contribution in [1.29, 1.82) is 0 Å². The van der Waals surface area contributed by atoms with E-state index < -0.39 is 18.5 Å². The number of carbonyl (C=O) groups is 2. The summed E-state index contributed by atoms with van der Waals surface area (Å²) in [5, 5.41) is 2.66. The van der Waals surface area contributed by atoms with Crippen LogP contribution in [-0.4, -0.2) is 31.9 Å². The third-order valence-corrected chi connectivity index (χ3v) is 3.40. The second kappa shape index (κ2) is 7.57. The third kappa shape index (κ3) is 4.00. The summed E-state index contributed by atoms with van der Waals surface area (Å²) in [6, 6.07) is 11.7. The van der Waals surface area contributed by atoms with E-state index in [0.717, 1.165) is 0 Å². The van der Waals surface area contributed by atoms with Crippen LogP contribution in [0.15, 0.2) is 42.5 Å². The molecule has 7 nitrogen and oxygen atoms in total. The van der Waals surface area contributed by atoms with E-state index in [2.05, 4.69) is 5.32 Å². The summed E-state index contributed by atoms with van der Waals surface area (Å²) in [5.74, 6) is 0.527. The average Bonchev–Trinajstić information content (AvgIpc) is 3.09. The highest BCUT2D eigenvalue weighted by Gasteiger charge is 2.18. The van der Waals surface area contributed by atoms with E-state index in [1.54, 1.807) is 36.4 Å². The van der Waals surface area contributed by atoms with Crippen LogP contribution in [0, 0.1) is 0 Å². The number of hydrogen-bond donors (Lipinski definition) is 1. The minimum Gasteiger partial charge on any atom is -0.492 e. The Kier molecular flexibility index (Phi) is 5.03. The maximum Gasteiger partial charge on any atom is 0.338 e. The van der Waals surface area contributed by atoms with E-state index >= 15 is 0 Å². The van der Waals surface area contributed by atoms with E-state index in [1.165, 1.54) is 6.07 Å². The van der Waals surface area contributed by atoms with Crippen molar-refractivity contribution in [1.82, 2.24) is 0 Å².